The quantitative estimate of drug-likeness (QED) is 0.280. The second-order valence-electron chi connectivity index (χ2n) is 6.11. The summed E-state index contributed by atoms with van der Waals surface area (Å²) in [6.07, 6.45) is 0.852. The minimum Gasteiger partial charge on any atom is -0.497 e. The first-order chi connectivity index (χ1) is 14.7. The third kappa shape index (κ3) is 7.26. The van der Waals surface area contributed by atoms with Gasteiger partial charge in [0.25, 0.3) is 0 Å². The summed E-state index contributed by atoms with van der Waals surface area (Å²) in [5.74, 6) is 1.62. The van der Waals surface area contributed by atoms with Crippen LogP contribution in [0.5, 0.6) is 5.75 Å². The Balaban J connectivity index is 0.000000269. The molecule has 0 spiro atoms. The molecule has 154 valence electrons. The summed E-state index contributed by atoms with van der Waals surface area (Å²) < 4.78 is 4.99. The Bertz CT molecular complexity index is 917. The van der Waals surface area contributed by atoms with Crippen LogP contribution in [-0.2, 0) is 10.5 Å². The van der Waals surface area contributed by atoms with Crippen LogP contribution in [0.2, 0.25) is 0 Å². The number of aliphatic imine (C=N–C) groups is 1. The highest BCUT2D eigenvalue weighted by Crippen LogP contribution is 2.28. The Morgan fingerprint density at radius 2 is 1.60 bits per heavy atom. The van der Waals surface area contributed by atoms with Crippen LogP contribution in [0.3, 0.4) is 0 Å². The van der Waals surface area contributed by atoms with E-state index in [1.807, 2.05) is 92.0 Å². The van der Waals surface area contributed by atoms with Crippen LogP contribution >= 0.6 is 11.8 Å². The maximum atomic E-state index is 11.3. The van der Waals surface area contributed by atoms with Gasteiger partial charge >= 0.3 is 0 Å². The van der Waals surface area contributed by atoms with E-state index >= 15 is 0 Å². The number of methoxy groups -OCH3 is 1. The molecular weight excluding hydrogens is 392 g/mol. The number of allylic oxidation sites excluding steroid dienone is 1. The van der Waals surface area contributed by atoms with Crippen molar-refractivity contribution in [1.82, 2.24) is 0 Å². The predicted molar refractivity (Wildman–Crippen MR) is 129 cm³/mol. The number of nitrogens with zero attached hydrogens (tertiary/aromatic N) is 1. The molecule has 0 aliphatic heterocycles. The van der Waals surface area contributed by atoms with E-state index in [4.69, 9.17) is 4.74 Å². The van der Waals surface area contributed by atoms with Gasteiger partial charge in [-0.2, -0.15) is 0 Å². The summed E-state index contributed by atoms with van der Waals surface area (Å²) >= 11 is 1.48. The summed E-state index contributed by atoms with van der Waals surface area (Å²) in [6, 6.07) is 27.5. The fraction of sp³-hybridized carbons (Fsp3) is 0.120. The van der Waals surface area contributed by atoms with Crippen molar-refractivity contribution in [2.24, 2.45) is 4.99 Å². The molecule has 3 aromatic carbocycles. The lowest BCUT2D eigenvalue weighted by Crippen LogP contribution is -1.90. The van der Waals surface area contributed by atoms with Gasteiger partial charge in [-0.1, -0.05) is 60.7 Å². The molecule has 0 atom stereocenters. The fourth-order valence-electron chi connectivity index (χ4n) is 2.56. The highest BCUT2D eigenvalue weighted by Gasteiger charge is 2.08. The number of nitrogens with one attached hydrogen (secondary N) is 1. The number of thioether (sulfide) groups is 1. The molecule has 30 heavy (non-hydrogen) atoms. The SMILES string of the molecule is C=N/C(=C(/C=O)SCc1ccccc1)c1ccccc1.CNc1ccc(OC)cc1. The summed E-state index contributed by atoms with van der Waals surface area (Å²) in [6.45, 7) is 3.58. The molecular formula is C25H26N2O2S. The van der Waals surface area contributed by atoms with E-state index in [-0.39, 0.29) is 0 Å². The molecule has 0 aliphatic carbocycles. The predicted octanol–water partition coefficient (Wildman–Crippen LogP) is 5.93. The highest BCUT2D eigenvalue weighted by atomic mass is 32.2. The van der Waals surface area contributed by atoms with Gasteiger partial charge in [-0.25, -0.2) is 0 Å². The van der Waals surface area contributed by atoms with E-state index in [2.05, 4.69) is 17.0 Å². The number of hydrogen-bond donors (Lipinski definition) is 1. The van der Waals surface area contributed by atoms with Gasteiger partial charge in [0.2, 0.25) is 0 Å². The van der Waals surface area contributed by atoms with Crippen molar-refractivity contribution < 1.29 is 9.53 Å². The lowest BCUT2D eigenvalue weighted by atomic mass is 10.1. The Hall–Kier alpha value is -3.31. The topological polar surface area (TPSA) is 50.7 Å². The number of aldehydes is 1. The zero-order valence-electron chi connectivity index (χ0n) is 17.2. The number of hydrogen-bond acceptors (Lipinski definition) is 5. The molecule has 0 fully saturated rings. The van der Waals surface area contributed by atoms with E-state index in [0.29, 0.717) is 10.6 Å². The van der Waals surface area contributed by atoms with Crippen molar-refractivity contribution in [3.63, 3.8) is 0 Å². The number of anilines is 1. The molecule has 0 saturated carbocycles. The van der Waals surface area contributed by atoms with Crippen molar-refractivity contribution in [2.45, 2.75) is 5.75 Å². The molecule has 0 amide bonds. The maximum Gasteiger partial charge on any atom is 0.158 e. The zero-order valence-corrected chi connectivity index (χ0v) is 18.1. The summed E-state index contributed by atoms with van der Waals surface area (Å²) in [4.78, 5) is 16.0. The van der Waals surface area contributed by atoms with Crippen molar-refractivity contribution in [1.29, 1.82) is 0 Å². The van der Waals surface area contributed by atoms with E-state index < -0.39 is 0 Å². The van der Waals surface area contributed by atoms with Gasteiger partial charge in [-0.15, -0.1) is 11.8 Å². The van der Waals surface area contributed by atoms with Crippen LogP contribution in [0.1, 0.15) is 11.1 Å². The molecule has 3 aromatic rings. The third-order valence-electron chi connectivity index (χ3n) is 4.16. The first-order valence-corrected chi connectivity index (χ1v) is 10.4. The molecule has 3 rings (SSSR count). The second-order valence-corrected chi connectivity index (χ2v) is 7.12. The van der Waals surface area contributed by atoms with E-state index in [1.54, 1.807) is 7.11 Å². The van der Waals surface area contributed by atoms with Gasteiger partial charge in [0.1, 0.15) is 5.75 Å². The molecule has 1 N–H and O–H groups in total. The van der Waals surface area contributed by atoms with Gasteiger partial charge in [-0.3, -0.25) is 9.79 Å². The number of ether oxygens (including phenoxy) is 1. The molecule has 0 heterocycles. The van der Waals surface area contributed by atoms with Gasteiger partial charge < -0.3 is 10.1 Å². The normalized spacial score (nSPS) is 10.7. The van der Waals surface area contributed by atoms with Gasteiger partial charge in [0.05, 0.1) is 17.7 Å². The van der Waals surface area contributed by atoms with Gasteiger partial charge in [-0.05, 0) is 36.5 Å². The minimum atomic E-state index is 0.607. The lowest BCUT2D eigenvalue weighted by Gasteiger charge is -2.07. The first kappa shape index (κ1) is 23.0. The number of carbonyl (C=O) groups is 1. The standard InChI is InChI=1S/C17H15NOS.C8H11NO/c1-18-17(15-10-6-3-7-11-15)16(12-19)20-13-14-8-4-2-5-9-14;1-9-7-3-5-8(10-2)6-4-7/h2-12H,1,13H2;3-6,9H,1-2H3/b17-16-;. The molecule has 0 radical (unpaired) electrons. The van der Waals surface area contributed by atoms with Crippen LogP contribution in [0, 0.1) is 0 Å². The average Bonchev–Trinajstić information content (AvgIpc) is 2.83. The fourth-order valence-corrected chi connectivity index (χ4v) is 3.46. The number of carbonyl (C=O) groups excluding carboxylic acids is 1. The molecule has 0 aliphatic rings. The van der Waals surface area contributed by atoms with Gasteiger partial charge in [0, 0.05) is 24.1 Å². The average molecular weight is 419 g/mol. The van der Waals surface area contributed by atoms with Crippen LogP contribution in [-0.4, -0.2) is 27.2 Å². The van der Waals surface area contributed by atoms with Crippen molar-refractivity contribution in [3.05, 3.63) is 101 Å². The lowest BCUT2D eigenvalue weighted by molar-refractivity contribution is -0.104. The Morgan fingerprint density at radius 1 is 1.00 bits per heavy atom. The van der Waals surface area contributed by atoms with Crippen molar-refractivity contribution in [3.8, 4) is 5.75 Å². The van der Waals surface area contributed by atoms with Crippen LogP contribution in [0.25, 0.3) is 5.70 Å². The largest absolute Gasteiger partial charge is 0.497 e. The molecule has 0 saturated heterocycles. The van der Waals surface area contributed by atoms with Crippen LogP contribution in [0.4, 0.5) is 5.69 Å². The maximum absolute atomic E-state index is 11.3. The first-order valence-electron chi connectivity index (χ1n) is 9.42. The molecule has 4 nitrogen and oxygen atoms in total. The number of rotatable bonds is 8. The van der Waals surface area contributed by atoms with E-state index in [9.17, 15) is 4.79 Å². The Labute approximate surface area is 182 Å². The molecule has 0 bridgehead atoms. The zero-order chi connectivity index (χ0) is 21.6. The molecule has 5 heteroatoms. The monoisotopic (exact) mass is 418 g/mol. The van der Waals surface area contributed by atoms with E-state index in [1.165, 1.54) is 17.3 Å². The van der Waals surface area contributed by atoms with Crippen molar-refractivity contribution in [2.75, 3.05) is 19.5 Å². The van der Waals surface area contributed by atoms with Crippen LogP contribution < -0.4 is 10.1 Å². The Morgan fingerprint density at radius 3 is 2.10 bits per heavy atom. The summed E-state index contributed by atoms with van der Waals surface area (Å²) in [7, 11) is 3.55. The van der Waals surface area contributed by atoms with E-state index in [0.717, 1.165) is 29.0 Å². The molecule has 0 unspecified atom stereocenters. The molecule has 0 aromatic heterocycles. The number of benzene rings is 3. The van der Waals surface area contributed by atoms with Gasteiger partial charge in [0.15, 0.2) is 6.29 Å². The summed E-state index contributed by atoms with van der Waals surface area (Å²) in [5, 5.41) is 3.02. The summed E-state index contributed by atoms with van der Waals surface area (Å²) in [5.41, 5.74) is 3.82. The second kappa shape index (κ2) is 13.0. The van der Waals surface area contributed by atoms with Crippen molar-refractivity contribution >= 4 is 36.1 Å². The Kier molecular flexibility index (Phi) is 9.97. The smallest absolute Gasteiger partial charge is 0.158 e. The minimum absolute atomic E-state index is 0.607. The van der Waals surface area contributed by atoms with Crippen LogP contribution in [0.15, 0.2) is 94.8 Å². The third-order valence-corrected chi connectivity index (χ3v) is 5.24. The highest BCUT2D eigenvalue weighted by molar-refractivity contribution is 8.03.